The third kappa shape index (κ3) is 1.08. The van der Waals surface area contributed by atoms with Gasteiger partial charge >= 0.3 is 0 Å². The predicted molar refractivity (Wildman–Crippen MR) is 45.8 cm³/mol. The maximum Gasteiger partial charge on any atom is 0.197 e. The Morgan fingerprint density at radius 3 is 3.08 bits per heavy atom. The number of nitrogens with two attached hydrogens (primary N) is 1. The number of aromatic nitrogens is 2. The summed E-state index contributed by atoms with van der Waals surface area (Å²) < 4.78 is 5.34. The molecule has 1 aliphatic rings. The minimum atomic E-state index is 0.0879. The number of anilines is 1. The van der Waals surface area contributed by atoms with E-state index in [1.165, 1.54) is 0 Å². The van der Waals surface area contributed by atoms with E-state index in [1.54, 1.807) is 6.20 Å². The topological polar surface area (TPSA) is 63.9 Å². The minimum Gasteiger partial charge on any atom is -0.380 e. The van der Waals surface area contributed by atoms with Gasteiger partial charge in [-0.15, -0.1) is 0 Å². The van der Waals surface area contributed by atoms with Crippen LogP contribution in [0.2, 0.25) is 0 Å². The van der Waals surface area contributed by atoms with E-state index in [-0.39, 0.29) is 5.41 Å². The Balaban J connectivity index is 2.28. The summed E-state index contributed by atoms with van der Waals surface area (Å²) in [5, 5.41) is 0. The second-order valence-electron chi connectivity index (χ2n) is 3.55. The van der Waals surface area contributed by atoms with E-state index in [0.29, 0.717) is 5.95 Å². The van der Waals surface area contributed by atoms with Crippen LogP contribution in [0, 0.1) is 0 Å². The van der Waals surface area contributed by atoms with Crippen molar-refractivity contribution in [1.82, 2.24) is 9.97 Å². The molecule has 1 fully saturated rings. The standard InChI is InChI=1S/C8H13N3O/c1-8(2-3-12-5-8)6-4-10-7(9)11-6/h4H,2-3,5H2,1H3,(H3,9,10,11). The van der Waals surface area contributed by atoms with Crippen LogP contribution >= 0.6 is 0 Å². The largest absolute Gasteiger partial charge is 0.380 e. The fourth-order valence-electron chi connectivity index (χ4n) is 1.52. The molecule has 2 heterocycles. The van der Waals surface area contributed by atoms with Crippen LogP contribution in [0.25, 0.3) is 0 Å². The first-order valence-electron chi connectivity index (χ1n) is 4.09. The molecule has 0 radical (unpaired) electrons. The fourth-order valence-corrected chi connectivity index (χ4v) is 1.52. The number of hydrogen-bond donors (Lipinski definition) is 2. The highest BCUT2D eigenvalue weighted by molar-refractivity contribution is 5.24. The Morgan fingerprint density at radius 2 is 2.58 bits per heavy atom. The molecule has 2 rings (SSSR count). The SMILES string of the molecule is CC1(c2cnc(N)[nH]2)CCOC1. The van der Waals surface area contributed by atoms with Crippen LogP contribution < -0.4 is 5.73 Å². The lowest BCUT2D eigenvalue weighted by Crippen LogP contribution is -2.22. The van der Waals surface area contributed by atoms with Crippen LogP contribution in [0.3, 0.4) is 0 Å². The molecule has 1 unspecified atom stereocenters. The Morgan fingerprint density at radius 1 is 1.75 bits per heavy atom. The highest BCUT2D eigenvalue weighted by atomic mass is 16.5. The van der Waals surface area contributed by atoms with Crippen molar-refractivity contribution < 1.29 is 4.74 Å². The molecule has 3 N–H and O–H groups in total. The van der Waals surface area contributed by atoms with E-state index in [4.69, 9.17) is 10.5 Å². The summed E-state index contributed by atoms with van der Waals surface area (Å²) >= 11 is 0. The molecular formula is C8H13N3O. The molecule has 0 spiro atoms. The quantitative estimate of drug-likeness (QED) is 0.646. The summed E-state index contributed by atoms with van der Waals surface area (Å²) in [5.74, 6) is 0.484. The van der Waals surface area contributed by atoms with Gasteiger partial charge in [0.15, 0.2) is 5.95 Å². The van der Waals surface area contributed by atoms with Crippen LogP contribution in [-0.4, -0.2) is 23.2 Å². The Bertz CT molecular complexity index is 276. The van der Waals surface area contributed by atoms with E-state index in [1.807, 2.05) is 0 Å². The molecule has 1 aromatic rings. The van der Waals surface area contributed by atoms with E-state index < -0.39 is 0 Å². The molecule has 1 aromatic heterocycles. The molecule has 0 aromatic carbocycles. The van der Waals surface area contributed by atoms with E-state index in [0.717, 1.165) is 25.3 Å². The minimum absolute atomic E-state index is 0.0879. The smallest absolute Gasteiger partial charge is 0.197 e. The van der Waals surface area contributed by atoms with Crippen molar-refractivity contribution in [3.63, 3.8) is 0 Å². The Kier molecular flexibility index (Phi) is 1.58. The molecule has 1 saturated heterocycles. The molecule has 66 valence electrons. The number of ether oxygens (including phenoxy) is 1. The third-order valence-corrected chi connectivity index (χ3v) is 2.46. The average molecular weight is 167 g/mol. The molecule has 0 aliphatic carbocycles. The summed E-state index contributed by atoms with van der Waals surface area (Å²) in [6.07, 6.45) is 2.83. The molecule has 1 aliphatic heterocycles. The van der Waals surface area contributed by atoms with Gasteiger partial charge in [-0.1, -0.05) is 6.92 Å². The van der Waals surface area contributed by atoms with Gasteiger partial charge < -0.3 is 15.5 Å². The molecule has 0 saturated carbocycles. The lowest BCUT2D eigenvalue weighted by molar-refractivity contribution is 0.180. The van der Waals surface area contributed by atoms with Gasteiger partial charge in [0.2, 0.25) is 0 Å². The lowest BCUT2D eigenvalue weighted by Gasteiger charge is -2.18. The summed E-state index contributed by atoms with van der Waals surface area (Å²) in [6.45, 7) is 3.75. The van der Waals surface area contributed by atoms with Crippen LogP contribution in [0.15, 0.2) is 6.20 Å². The van der Waals surface area contributed by atoms with Crippen LogP contribution in [0.1, 0.15) is 19.0 Å². The molecule has 12 heavy (non-hydrogen) atoms. The maximum atomic E-state index is 5.50. The average Bonchev–Trinajstić information content (AvgIpc) is 2.59. The van der Waals surface area contributed by atoms with Gasteiger partial charge in [-0.2, -0.15) is 0 Å². The normalized spacial score (nSPS) is 29.4. The zero-order valence-electron chi connectivity index (χ0n) is 7.13. The fraction of sp³-hybridized carbons (Fsp3) is 0.625. The van der Waals surface area contributed by atoms with Crippen LogP contribution in [-0.2, 0) is 10.2 Å². The van der Waals surface area contributed by atoms with Gasteiger partial charge in [-0.3, -0.25) is 0 Å². The highest BCUT2D eigenvalue weighted by Gasteiger charge is 2.33. The van der Waals surface area contributed by atoms with Crippen molar-refractivity contribution in [3.05, 3.63) is 11.9 Å². The maximum absolute atomic E-state index is 5.50. The monoisotopic (exact) mass is 167 g/mol. The second-order valence-corrected chi connectivity index (χ2v) is 3.55. The first-order chi connectivity index (χ1) is 5.71. The molecule has 0 bridgehead atoms. The lowest BCUT2D eigenvalue weighted by atomic mass is 9.87. The van der Waals surface area contributed by atoms with Gasteiger partial charge in [0.1, 0.15) is 0 Å². The molecule has 4 heteroatoms. The summed E-state index contributed by atoms with van der Waals surface area (Å²) in [7, 11) is 0. The number of H-pyrrole nitrogens is 1. The summed E-state index contributed by atoms with van der Waals surface area (Å²) in [4.78, 5) is 7.02. The second kappa shape index (κ2) is 2.48. The van der Waals surface area contributed by atoms with Gasteiger partial charge in [0, 0.05) is 17.7 Å². The number of aromatic amines is 1. The number of nitrogens with zero attached hydrogens (tertiary/aromatic N) is 1. The van der Waals surface area contributed by atoms with Crippen LogP contribution in [0.5, 0.6) is 0 Å². The Labute approximate surface area is 71.1 Å². The van der Waals surface area contributed by atoms with Crippen LogP contribution in [0.4, 0.5) is 5.95 Å². The zero-order chi connectivity index (χ0) is 8.60. The number of imidazole rings is 1. The van der Waals surface area contributed by atoms with E-state index in [9.17, 15) is 0 Å². The highest BCUT2D eigenvalue weighted by Crippen LogP contribution is 2.31. The van der Waals surface area contributed by atoms with E-state index >= 15 is 0 Å². The first kappa shape index (κ1) is 7.61. The third-order valence-electron chi connectivity index (χ3n) is 2.46. The molecule has 0 amide bonds. The van der Waals surface area contributed by atoms with Gasteiger partial charge in [0.05, 0.1) is 12.8 Å². The van der Waals surface area contributed by atoms with Crippen molar-refractivity contribution in [1.29, 1.82) is 0 Å². The van der Waals surface area contributed by atoms with Crippen molar-refractivity contribution in [3.8, 4) is 0 Å². The summed E-state index contributed by atoms with van der Waals surface area (Å²) in [6, 6.07) is 0. The van der Waals surface area contributed by atoms with Gasteiger partial charge in [0.25, 0.3) is 0 Å². The van der Waals surface area contributed by atoms with Gasteiger partial charge in [-0.25, -0.2) is 4.98 Å². The van der Waals surface area contributed by atoms with Gasteiger partial charge in [-0.05, 0) is 6.42 Å². The first-order valence-corrected chi connectivity index (χ1v) is 4.09. The van der Waals surface area contributed by atoms with Crippen molar-refractivity contribution in [2.24, 2.45) is 0 Å². The number of nitrogens with one attached hydrogen (secondary N) is 1. The predicted octanol–water partition coefficient (Wildman–Crippen LogP) is 0.670. The zero-order valence-corrected chi connectivity index (χ0v) is 7.13. The van der Waals surface area contributed by atoms with Crippen molar-refractivity contribution in [2.45, 2.75) is 18.8 Å². The van der Waals surface area contributed by atoms with E-state index in [2.05, 4.69) is 16.9 Å². The summed E-state index contributed by atoms with van der Waals surface area (Å²) in [5.41, 5.74) is 6.67. The molecule has 1 atom stereocenters. The van der Waals surface area contributed by atoms with Crippen molar-refractivity contribution in [2.75, 3.05) is 18.9 Å². The number of rotatable bonds is 1. The molecule has 4 nitrogen and oxygen atoms in total. The number of nitrogen functional groups attached to an aromatic ring is 1. The van der Waals surface area contributed by atoms with Crippen molar-refractivity contribution >= 4 is 5.95 Å². The molecular weight excluding hydrogens is 154 g/mol. The Hall–Kier alpha value is -1.03. The number of hydrogen-bond acceptors (Lipinski definition) is 3.